The summed E-state index contributed by atoms with van der Waals surface area (Å²) in [7, 11) is 3.01. The lowest BCUT2D eigenvalue weighted by molar-refractivity contribution is -0.142. The molecule has 3 amide bonds. The molecule has 248 valence electrons. The number of benzene rings is 4. The summed E-state index contributed by atoms with van der Waals surface area (Å²) in [6, 6.07) is 21.6. The summed E-state index contributed by atoms with van der Waals surface area (Å²) in [5, 5.41) is 14.5. The Hall–Kier alpha value is -4.67. The van der Waals surface area contributed by atoms with Gasteiger partial charge in [0, 0.05) is 57.6 Å². The monoisotopic (exact) mass is 644 g/mol. The first-order valence-corrected chi connectivity index (χ1v) is 15.5. The molecular weight excluding hydrogens is 602 g/mol. The van der Waals surface area contributed by atoms with Crippen LogP contribution >= 0.6 is 0 Å². The van der Waals surface area contributed by atoms with E-state index in [0.717, 1.165) is 34.0 Å². The molecule has 0 saturated carbocycles. The fourth-order valence-corrected chi connectivity index (χ4v) is 5.34. The van der Waals surface area contributed by atoms with Crippen LogP contribution in [0.15, 0.2) is 84.9 Å². The van der Waals surface area contributed by atoms with E-state index in [1.165, 1.54) is 22.9 Å². The Morgan fingerprint density at radius 1 is 0.787 bits per heavy atom. The number of nitrogens with two attached hydrogens (primary N) is 1. The molecule has 0 heterocycles. The molecule has 4 rings (SSSR count). The van der Waals surface area contributed by atoms with Crippen molar-refractivity contribution in [2.75, 3.05) is 27.2 Å². The van der Waals surface area contributed by atoms with Crippen molar-refractivity contribution in [3.63, 3.8) is 0 Å². The van der Waals surface area contributed by atoms with Crippen molar-refractivity contribution in [3.05, 3.63) is 119 Å². The lowest BCUT2D eigenvalue weighted by atomic mass is 9.94. The lowest BCUT2D eigenvalue weighted by Gasteiger charge is -2.35. The highest BCUT2D eigenvalue weighted by Gasteiger charge is 2.36. The molecule has 4 aromatic carbocycles. The fourth-order valence-electron chi connectivity index (χ4n) is 5.34. The zero-order valence-electron chi connectivity index (χ0n) is 27.2. The zero-order valence-corrected chi connectivity index (χ0v) is 27.2. The van der Waals surface area contributed by atoms with Gasteiger partial charge in [-0.2, -0.15) is 0 Å². The highest BCUT2D eigenvalue weighted by atomic mass is 19.2. The van der Waals surface area contributed by atoms with Gasteiger partial charge in [-0.25, -0.2) is 8.78 Å². The molecule has 10 heteroatoms. The van der Waals surface area contributed by atoms with E-state index in [0.29, 0.717) is 11.1 Å². The number of rotatable bonds is 13. The molecule has 0 radical (unpaired) electrons. The average molecular weight is 645 g/mol. The molecule has 0 bridgehead atoms. The van der Waals surface area contributed by atoms with Gasteiger partial charge < -0.3 is 26.0 Å². The van der Waals surface area contributed by atoms with E-state index in [1.807, 2.05) is 48.5 Å². The lowest BCUT2D eigenvalue weighted by Crippen LogP contribution is -2.56. The van der Waals surface area contributed by atoms with Gasteiger partial charge in [0.25, 0.3) is 5.91 Å². The third-order valence-corrected chi connectivity index (χ3v) is 8.43. The third kappa shape index (κ3) is 8.78. The second-order valence-corrected chi connectivity index (χ2v) is 12.7. The van der Waals surface area contributed by atoms with Gasteiger partial charge in [0.1, 0.15) is 12.1 Å². The molecular formula is C37H42F2N4O4. The standard InChI is InChI=1S/C37H42F2N4O4/c1-37(2,23-44)22-41-34(45)32(19-25-13-15-30(38)31(39)18-25)42(3)36(47)33(20-24-12-14-27-9-5-6-10-28(27)16-24)43(4)35(46)29-11-7-8-26(17-29)21-40/h5-18,32-33,44H,19-23,40H2,1-4H3,(H,41,45)/t32?,33-/m1/s1. The van der Waals surface area contributed by atoms with Crippen molar-refractivity contribution >= 4 is 28.5 Å². The highest BCUT2D eigenvalue weighted by Crippen LogP contribution is 2.22. The predicted molar refractivity (Wildman–Crippen MR) is 178 cm³/mol. The maximum Gasteiger partial charge on any atom is 0.254 e. The number of carbonyl (C=O) groups is 3. The van der Waals surface area contributed by atoms with Crippen LogP contribution in [0.25, 0.3) is 10.8 Å². The van der Waals surface area contributed by atoms with Crippen molar-refractivity contribution < 1.29 is 28.3 Å². The van der Waals surface area contributed by atoms with Gasteiger partial charge in [-0.15, -0.1) is 0 Å². The van der Waals surface area contributed by atoms with E-state index >= 15 is 0 Å². The summed E-state index contributed by atoms with van der Waals surface area (Å²) in [4.78, 5) is 44.6. The molecule has 8 nitrogen and oxygen atoms in total. The number of aliphatic hydroxyl groups excluding tert-OH is 1. The molecule has 0 saturated heterocycles. The Labute approximate surface area is 274 Å². The largest absolute Gasteiger partial charge is 0.396 e. The highest BCUT2D eigenvalue weighted by molar-refractivity contribution is 5.98. The van der Waals surface area contributed by atoms with Crippen LogP contribution in [0.5, 0.6) is 0 Å². The first kappa shape index (κ1) is 35.2. The Morgan fingerprint density at radius 3 is 2.13 bits per heavy atom. The number of hydrogen-bond acceptors (Lipinski definition) is 5. The number of hydrogen-bond donors (Lipinski definition) is 3. The van der Waals surface area contributed by atoms with Crippen molar-refractivity contribution in [1.29, 1.82) is 0 Å². The Morgan fingerprint density at radius 2 is 1.45 bits per heavy atom. The molecule has 4 aromatic rings. The molecule has 0 spiro atoms. The summed E-state index contributed by atoms with van der Waals surface area (Å²) >= 11 is 0. The van der Waals surface area contributed by atoms with Gasteiger partial charge in [0.2, 0.25) is 11.8 Å². The number of halogens is 2. The first-order chi connectivity index (χ1) is 22.3. The van der Waals surface area contributed by atoms with Gasteiger partial charge in [-0.05, 0) is 51.7 Å². The van der Waals surface area contributed by atoms with Crippen LogP contribution < -0.4 is 11.1 Å². The minimum Gasteiger partial charge on any atom is -0.396 e. The Bertz CT molecular complexity index is 1740. The van der Waals surface area contributed by atoms with Gasteiger partial charge in [-0.1, -0.05) is 74.5 Å². The maximum absolute atomic E-state index is 14.5. The van der Waals surface area contributed by atoms with Gasteiger partial charge in [0.05, 0.1) is 0 Å². The van der Waals surface area contributed by atoms with Crippen LogP contribution in [0.3, 0.4) is 0 Å². The van der Waals surface area contributed by atoms with E-state index in [1.54, 1.807) is 39.1 Å². The van der Waals surface area contributed by atoms with E-state index in [4.69, 9.17) is 5.73 Å². The number of likely N-dealkylation sites (N-methyl/N-ethyl adjacent to an activating group) is 2. The Kier molecular flexibility index (Phi) is 11.4. The zero-order chi connectivity index (χ0) is 34.3. The number of aliphatic hydroxyl groups is 1. The van der Waals surface area contributed by atoms with Crippen molar-refractivity contribution in [2.45, 2.75) is 45.3 Å². The van der Waals surface area contributed by atoms with E-state index in [-0.39, 0.29) is 32.5 Å². The molecule has 0 aromatic heterocycles. The predicted octanol–water partition coefficient (Wildman–Crippen LogP) is 4.46. The number of carbonyl (C=O) groups excluding carboxylic acids is 3. The SMILES string of the molecule is CN(C(=O)[C@@H](Cc1ccc2ccccc2c1)N(C)C(=O)c1cccc(CN)c1)C(Cc1ccc(F)c(F)c1)C(=O)NCC(C)(C)CO. The molecule has 0 aliphatic heterocycles. The Balaban J connectivity index is 1.72. The molecule has 0 aliphatic rings. The first-order valence-electron chi connectivity index (χ1n) is 15.5. The number of amides is 3. The third-order valence-electron chi connectivity index (χ3n) is 8.43. The van der Waals surface area contributed by atoms with Crippen LogP contribution in [0.1, 0.15) is 40.9 Å². The van der Waals surface area contributed by atoms with Gasteiger partial charge in [0.15, 0.2) is 11.6 Å². The summed E-state index contributed by atoms with van der Waals surface area (Å²) in [6.45, 7) is 3.69. The van der Waals surface area contributed by atoms with Crippen LogP contribution in [-0.4, -0.2) is 72.0 Å². The summed E-state index contributed by atoms with van der Waals surface area (Å²) in [5.41, 5.74) is 7.39. The van der Waals surface area contributed by atoms with Crippen molar-refractivity contribution in [3.8, 4) is 0 Å². The summed E-state index contributed by atoms with van der Waals surface area (Å²) in [5.74, 6) is -3.57. The molecule has 1 unspecified atom stereocenters. The van der Waals surface area contributed by atoms with Crippen LogP contribution in [0.2, 0.25) is 0 Å². The minimum absolute atomic E-state index is 0.106. The van der Waals surface area contributed by atoms with E-state index < -0.39 is 46.9 Å². The van der Waals surface area contributed by atoms with Crippen LogP contribution in [0, 0.1) is 17.0 Å². The summed E-state index contributed by atoms with van der Waals surface area (Å²) in [6.07, 6.45) is 0.0214. The van der Waals surface area contributed by atoms with E-state index in [9.17, 15) is 28.3 Å². The number of nitrogens with one attached hydrogen (secondary N) is 1. The minimum atomic E-state index is -1.15. The average Bonchev–Trinajstić information content (AvgIpc) is 3.08. The topological polar surface area (TPSA) is 116 Å². The smallest absolute Gasteiger partial charge is 0.254 e. The second-order valence-electron chi connectivity index (χ2n) is 12.7. The quantitative estimate of drug-likeness (QED) is 0.199. The number of nitrogens with zero attached hydrogens (tertiary/aromatic N) is 2. The van der Waals surface area contributed by atoms with Gasteiger partial charge >= 0.3 is 0 Å². The molecule has 4 N–H and O–H groups in total. The maximum atomic E-state index is 14.5. The van der Waals surface area contributed by atoms with Crippen LogP contribution in [-0.2, 0) is 29.0 Å². The molecule has 47 heavy (non-hydrogen) atoms. The van der Waals surface area contributed by atoms with Crippen molar-refractivity contribution in [1.82, 2.24) is 15.1 Å². The summed E-state index contributed by atoms with van der Waals surface area (Å²) < 4.78 is 27.9. The molecule has 0 aliphatic carbocycles. The van der Waals surface area contributed by atoms with Crippen LogP contribution in [0.4, 0.5) is 8.78 Å². The molecule has 2 atom stereocenters. The van der Waals surface area contributed by atoms with Crippen molar-refractivity contribution in [2.24, 2.45) is 11.1 Å². The van der Waals surface area contributed by atoms with E-state index in [2.05, 4.69) is 5.32 Å². The van der Waals surface area contributed by atoms with Gasteiger partial charge in [-0.3, -0.25) is 14.4 Å². The fraction of sp³-hybridized carbons (Fsp3) is 0.324. The normalized spacial score (nSPS) is 12.8. The molecule has 0 fully saturated rings. The number of fused-ring (bicyclic) bond motifs is 1. The second kappa shape index (κ2) is 15.3.